The Morgan fingerprint density at radius 3 is 2.00 bits per heavy atom. The maximum Gasteiger partial charge on any atom is 0.408 e. The van der Waals surface area contributed by atoms with Gasteiger partial charge in [0.15, 0.2) is 0 Å². The Labute approximate surface area is 228 Å². The molecule has 9 heteroatoms. The molecule has 3 unspecified atom stereocenters. The molecule has 1 aromatic rings. The minimum absolute atomic E-state index is 0.248. The van der Waals surface area contributed by atoms with Crippen molar-refractivity contribution in [1.29, 1.82) is 0 Å². The SMILES string of the molecule is CCC(C)C(NC(=O)OC(C)(C)C)C(=O)N(C(C(=O)NCC(=O)OC)c1c(C)cccc1C)C(C)(C)CC. The number of carbonyl (C=O) groups is 4. The summed E-state index contributed by atoms with van der Waals surface area (Å²) in [7, 11) is 1.24. The van der Waals surface area contributed by atoms with Crippen LogP contribution in [0.15, 0.2) is 18.2 Å². The van der Waals surface area contributed by atoms with Gasteiger partial charge in [0, 0.05) is 5.54 Å². The number of nitrogens with zero attached hydrogens (tertiary/aromatic N) is 1. The lowest BCUT2D eigenvalue weighted by Crippen LogP contribution is -2.61. The van der Waals surface area contributed by atoms with Gasteiger partial charge < -0.3 is 25.0 Å². The molecule has 1 aromatic carbocycles. The second kappa shape index (κ2) is 13.6. The Kier molecular flexibility index (Phi) is 11.8. The number of hydrogen-bond donors (Lipinski definition) is 2. The fourth-order valence-corrected chi connectivity index (χ4v) is 4.18. The minimum Gasteiger partial charge on any atom is -0.468 e. The van der Waals surface area contributed by atoms with Crippen LogP contribution < -0.4 is 10.6 Å². The van der Waals surface area contributed by atoms with Crippen molar-refractivity contribution in [3.8, 4) is 0 Å². The highest BCUT2D eigenvalue weighted by Crippen LogP contribution is 2.36. The Bertz CT molecular complexity index is 978. The Morgan fingerprint density at radius 1 is 1.00 bits per heavy atom. The molecule has 0 heterocycles. The van der Waals surface area contributed by atoms with E-state index in [1.165, 1.54) is 7.11 Å². The molecule has 0 fully saturated rings. The molecule has 1 rings (SSSR count). The number of amides is 3. The molecule has 0 bridgehead atoms. The van der Waals surface area contributed by atoms with Gasteiger partial charge in [-0.1, -0.05) is 45.4 Å². The van der Waals surface area contributed by atoms with Crippen LogP contribution in [0.3, 0.4) is 0 Å². The Balaban J connectivity index is 3.77. The Hall–Kier alpha value is -3.10. The average molecular weight is 534 g/mol. The van der Waals surface area contributed by atoms with Crippen LogP contribution in [-0.2, 0) is 23.9 Å². The summed E-state index contributed by atoms with van der Waals surface area (Å²) in [5.74, 6) is -1.77. The van der Waals surface area contributed by atoms with Gasteiger partial charge in [0.25, 0.3) is 0 Å². The molecule has 0 saturated carbocycles. The zero-order chi connectivity index (χ0) is 29.4. The first-order valence-corrected chi connectivity index (χ1v) is 13.2. The van der Waals surface area contributed by atoms with Gasteiger partial charge in [-0.2, -0.15) is 0 Å². The number of alkyl carbamates (subject to hydrolysis) is 1. The summed E-state index contributed by atoms with van der Waals surface area (Å²) in [6, 6.07) is 3.66. The number of carbonyl (C=O) groups excluding carboxylic acids is 4. The lowest BCUT2D eigenvalue weighted by Gasteiger charge is -2.46. The number of aryl methyl sites for hydroxylation is 2. The van der Waals surface area contributed by atoms with E-state index in [9.17, 15) is 19.2 Å². The number of nitrogens with one attached hydrogen (secondary N) is 2. The fraction of sp³-hybridized carbons (Fsp3) is 0.655. The van der Waals surface area contributed by atoms with Crippen molar-refractivity contribution < 1.29 is 28.7 Å². The van der Waals surface area contributed by atoms with Crippen LogP contribution in [0.4, 0.5) is 4.79 Å². The average Bonchev–Trinajstić information content (AvgIpc) is 2.82. The van der Waals surface area contributed by atoms with E-state index in [0.717, 1.165) is 11.1 Å². The number of benzene rings is 1. The monoisotopic (exact) mass is 533 g/mol. The minimum atomic E-state index is -1.06. The third-order valence-corrected chi connectivity index (χ3v) is 6.86. The van der Waals surface area contributed by atoms with Crippen LogP contribution in [0.1, 0.15) is 91.0 Å². The molecular weight excluding hydrogens is 486 g/mol. The molecule has 0 radical (unpaired) electrons. The molecule has 3 amide bonds. The van der Waals surface area contributed by atoms with Crippen LogP contribution in [0.2, 0.25) is 0 Å². The zero-order valence-corrected chi connectivity index (χ0v) is 25.0. The lowest BCUT2D eigenvalue weighted by atomic mass is 9.87. The van der Waals surface area contributed by atoms with E-state index in [2.05, 4.69) is 10.6 Å². The smallest absolute Gasteiger partial charge is 0.408 e. The summed E-state index contributed by atoms with van der Waals surface area (Å²) in [4.78, 5) is 54.5. The molecule has 3 atom stereocenters. The first kappa shape index (κ1) is 32.9. The second-order valence-corrected chi connectivity index (χ2v) is 11.4. The number of ether oxygens (including phenoxy) is 2. The predicted molar refractivity (Wildman–Crippen MR) is 148 cm³/mol. The quantitative estimate of drug-likeness (QED) is 0.402. The van der Waals surface area contributed by atoms with Gasteiger partial charge in [-0.05, 0) is 77.5 Å². The summed E-state index contributed by atoms with van der Waals surface area (Å²) >= 11 is 0. The predicted octanol–water partition coefficient (Wildman–Crippen LogP) is 4.59. The van der Waals surface area contributed by atoms with E-state index >= 15 is 0 Å². The lowest BCUT2D eigenvalue weighted by molar-refractivity contribution is -0.151. The van der Waals surface area contributed by atoms with Crippen molar-refractivity contribution in [2.75, 3.05) is 13.7 Å². The van der Waals surface area contributed by atoms with E-state index in [4.69, 9.17) is 9.47 Å². The van der Waals surface area contributed by atoms with Gasteiger partial charge in [-0.3, -0.25) is 14.4 Å². The second-order valence-electron chi connectivity index (χ2n) is 11.4. The summed E-state index contributed by atoms with van der Waals surface area (Å²) in [5, 5.41) is 5.43. The van der Waals surface area contributed by atoms with Gasteiger partial charge in [-0.15, -0.1) is 0 Å². The van der Waals surface area contributed by atoms with Gasteiger partial charge in [0.05, 0.1) is 7.11 Å². The maximum atomic E-state index is 14.5. The maximum absolute atomic E-state index is 14.5. The van der Waals surface area contributed by atoms with Crippen molar-refractivity contribution in [1.82, 2.24) is 15.5 Å². The van der Waals surface area contributed by atoms with Crippen molar-refractivity contribution in [3.05, 3.63) is 34.9 Å². The number of hydrogen-bond acceptors (Lipinski definition) is 6. The van der Waals surface area contributed by atoms with Crippen LogP contribution in [-0.4, -0.2) is 59.6 Å². The standard InChI is InChI=1S/C29H47N3O6/c1-12-18(3)23(31-27(36)38-28(6,7)8)26(35)32(29(9,10)13-2)24(25(34)30-17-21(33)37-11)22-19(4)15-14-16-20(22)5/h14-16,18,23-24H,12-13,17H2,1-11H3,(H,30,34)(H,31,36). The van der Waals surface area contributed by atoms with Crippen LogP contribution in [0, 0.1) is 19.8 Å². The van der Waals surface area contributed by atoms with Gasteiger partial charge in [-0.25, -0.2) is 4.79 Å². The first-order valence-electron chi connectivity index (χ1n) is 13.2. The highest BCUT2D eigenvalue weighted by atomic mass is 16.6. The highest BCUT2D eigenvalue weighted by molar-refractivity contribution is 5.94. The topological polar surface area (TPSA) is 114 Å². The Morgan fingerprint density at radius 2 is 1.55 bits per heavy atom. The van der Waals surface area contributed by atoms with E-state index in [1.54, 1.807) is 25.7 Å². The first-order chi connectivity index (χ1) is 17.5. The van der Waals surface area contributed by atoms with Crippen molar-refractivity contribution in [2.24, 2.45) is 5.92 Å². The summed E-state index contributed by atoms with van der Waals surface area (Å²) < 4.78 is 10.2. The largest absolute Gasteiger partial charge is 0.468 e. The molecule has 0 aliphatic heterocycles. The van der Waals surface area contributed by atoms with Crippen LogP contribution >= 0.6 is 0 Å². The van der Waals surface area contributed by atoms with E-state index in [1.807, 2.05) is 66.7 Å². The van der Waals surface area contributed by atoms with Crippen LogP contribution in [0.5, 0.6) is 0 Å². The van der Waals surface area contributed by atoms with Gasteiger partial charge in [0.1, 0.15) is 24.2 Å². The number of esters is 1. The molecule has 38 heavy (non-hydrogen) atoms. The van der Waals surface area contributed by atoms with Crippen molar-refractivity contribution in [2.45, 2.75) is 105 Å². The van der Waals surface area contributed by atoms with Gasteiger partial charge >= 0.3 is 12.1 Å². The number of rotatable bonds is 11. The molecule has 0 aromatic heterocycles. The van der Waals surface area contributed by atoms with Crippen molar-refractivity contribution >= 4 is 23.9 Å². The highest BCUT2D eigenvalue weighted by Gasteiger charge is 2.45. The summed E-state index contributed by atoms with van der Waals surface area (Å²) in [6.07, 6.45) is 0.434. The van der Waals surface area contributed by atoms with Gasteiger partial charge in [0.2, 0.25) is 11.8 Å². The third kappa shape index (κ3) is 8.74. The summed E-state index contributed by atoms with van der Waals surface area (Å²) in [5.41, 5.74) is 0.788. The van der Waals surface area contributed by atoms with E-state index in [-0.39, 0.29) is 12.5 Å². The third-order valence-electron chi connectivity index (χ3n) is 6.86. The molecule has 9 nitrogen and oxygen atoms in total. The molecule has 0 saturated heterocycles. The van der Waals surface area contributed by atoms with E-state index in [0.29, 0.717) is 18.4 Å². The summed E-state index contributed by atoms with van der Waals surface area (Å²) in [6.45, 7) is 18.2. The van der Waals surface area contributed by atoms with E-state index < -0.39 is 47.1 Å². The number of methoxy groups -OCH3 is 1. The molecular formula is C29H47N3O6. The molecule has 2 N–H and O–H groups in total. The van der Waals surface area contributed by atoms with Crippen molar-refractivity contribution in [3.63, 3.8) is 0 Å². The molecule has 0 aliphatic rings. The zero-order valence-electron chi connectivity index (χ0n) is 25.0. The molecule has 0 spiro atoms. The van der Waals surface area contributed by atoms with Crippen LogP contribution in [0.25, 0.3) is 0 Å². The normalized spacial score (nSPS) is 14.1. The molecule has 214 valence electrons. The molecule has 0 aliphatic carbocycles. The fourth-order valence-electron chi connectivity index (χ4n) is 4.18.